The van der Waals surface area contributed by atoms with E-state index in [9.17, 15) is 37.9 Å². The number of aliphatic hydroxyl groups excluding tert-OH is 3. The Morgan fingerprint density at radius 3 is 1.52 bits per heavy atom. The Labute approximate surface area is 372 Å². The molecule has 0 bridgehead atoms. The van der Waals surface area contributed by atoms with Gasteiger partial charge in [-0.3, -0.25) is 14.1 Å². The summed E-state index contributed by atoms with van der Waals surface area (Å²) in [6.07, 6.45) is 42.9. The van der Waals surface area contributed by atoms with Crippen LogP contribution >= 0.6 is 0 Å². The number of esters is 2. The van der Waals surface area contributed by atoms with E-state index in [4.69, 9.17) is 18.9 Å². The van der Waals surface area contributed by atoms with Gasteiger partial charge in [0.05, 0.1) is 6.61 Å². The minimum absolute atomic E-state index is 0.0246. The molecule has 13 heteroatoms. The summed E-state index contributed by atoms with van der Waals surface area (Å²) in [5, 5.41) is 30.9. The highest BCUT2D eigenvalue weighted by molar-refractivity contribution is 7.85. The van der Waals surface area contributed by atoms with Gasteiger partial charge >= 0.3 is 11.9 Å². The van der Waals surface area contributed by atoms with Gasteiger partial charge in [0.1, 0.15) is 36.8 Å². The van der Waals surface area contributed by atoms with Gasteiger partial charge in [-0.05, 0) is 89.9 Å². The predicted octanol–water partition coefficient (Wildman–Crippen LogP) is 9.22. The molecule has 0 aliphatic carbocycles. The molecule has 1 fully saturated rings. The number of unbranched alkanes of at least 4 members (excludes halogenated alkanes) is 5. The van der Waals surface area contributed by atoms with Crippen molar-refractivity contribution in [1.29, 1.82) is 0 Å². The molecule has 1 aliphatic rings. The Hall–Kier alpha value is -3.69. The second kappa shape index (κ2) is 37.8. The van der Waals surface area contributed by atoms with Crippen molar-refractivity contribution in [3.05, 3.63) is 109 Å². The zero-order valence-electron chi connectivity index (χ0n) is 37.2. The lowest BCUT2D eigenvalue weighted by atomic mass is 10.00. The fraction of sp³-hybridized carbons (Fsp3) is 0.592. The van der Waals surface area contributed by atoms with Crippen molar-refractivity contribution in [3.8, 4) is 0 Å². The van der Waals surface area contributed by atoms with Crippen molar-refractivity contribution in [2.24, 2.45) is 0 Å². The third-order valence-electron chi connectivity index (χ3n) is 9.35. The van der Waals surface area contributed by atoms with Crippen LogP contribution in [0.4, 0.5) is 0 Å². The Bertz CT molecular complexity index is 1560. The topological polar surface area (TPSA) is 186 Å². The first-order valence-corrected chi connectivity index (χ1v) is 24.1. The highest BCUT2D eigenvalue weighted by Crippen LogP contribution is 2.23. The van der Waals surface area contributed by atoms with Gasteiger partial charge in [0.2, 0.25) is 0 Å². The molecule has 1 heterocycles. The molecule has 62 heavy (non-hydrogen) atoms. The van der Waals surface area contributed by atoms with Crippen LogP contribution in [0.15, 0.2) is 109 Å². The second-order valence-electron chi connectivity index (χ2n) is 15.0. The molecule has 0 spiro atoms. The number of ether oxygens (including phenoxy) is 4. The Kier molecular flexibility index (Phi) is 34.4. The summed E-state index contributed by atoms with van der Waals surface area (Å²) in [7, 11) is -4.62. The van der Waals surface area contributed by atoms with Crippen molar-refractivity contribution in [2.75, 3.05) is 19.0 Å². The van der Waals surface area contributed by atoms with Crippen LogP contribution in [0.25, 0.3) is 0 Å². The van der Waals surface area contributed by atoms with E-state index in [-0.39, 0.29) is 19.4 Å². The summed E-state index contributed by atoms with van der Waals surface area (Å²) in [6.45, 7) is 3.49. The molecular formula is C49H76O12S. The number of aliphatic hydroxyl groups is 3. The van der Waals surface area contributed by atoms with Crippen LogP contribution in [0.2, 0.25) is 0 Å². The van der Waals surface area contributed by atoms with Crippen LogP contribution in [0.1, 0.15) is 129 Å². The molecule has 1 aliphatic heterocycles. The van der Waals surface area contributed by atoms with E-state index in [2.05, 4.69) is 105 Å². The fourth-order valence-electron chi connectivity index (χ4n) is 5.88. The highest BCUT2D eigenvalue weighted by Gasteiger charge is 2.46. The summed E-state index contributed by atoms with van der Waals surface area (Å²) in [5.74, 6) is -2.16. The van der Waals surface area contributed by atoms with Gasteiger partial charge in [-0.2, -0.15) is 8.42 Å². The minimum atomic E-state index is -4.62. The molecule has 6 atom stereocenters. The number of hydrogen-bond donors (Lipinski definition) is 4. The van der Waals surface area contributed by atoms with Crippen molar-refractivity contribution in [1.82, 2.24) is 0 Å². The van der Waals surface area contributed by atoms with Gasteiger partial charge in [-0.1, -0.05) is 136 Å². The quantitative estimate of drug-likeness (QED) is 0.0205. The van der Waals surface area contributed by atoms with E-state index in [1.54, 1.807) is 0 Å². The van der Waals surface area contributed by atoms with E-state index < -0.39 is 71.2 Å². The van der Waals surface area contributed by atoms with Crippen LogP contribution in [-0.2, 0) is 38.7 Å². The van der Waals surface area contributed by atoms with Gasteiger partial charge in [0.15, 0.2) is 12.4 Å². The van der Waals surface area contributed by atoms with E-state index in [1.165, 1.54) is 19.3 Å². The molecule has 0 aromatic heterocycles. The van der Waals surface area contributed by atoms with Crippen molar-refractivity contribution in [3.63, 3.8) is 0 Å². The third-order valence-corrected chi connectivity index (χ3v) is 10.1. The normalized spacial score (nSPS) is 20.9. The van der Waals surface area contributed by atoms with Gasteiger partial charge in [0.25, 0.3) is 10.1 Å². The summed E-state index contributed by atoms with van der Waals surface area (Å²) >= 11 is 0. The Morgan fingerprint density at radius 2 is 1.03 bits per heavy atom. The standard InChI is InChI=1S/C49H76O12S/c1-3-5-7-9-11-13-15-17-19-20-21-22-24-26-28-30-32-34-36-38-45(51)60-42(40-59-49-48(54)47(53)46(52)43(61-49)41-62(55,56)57)39-58-44(50)37-35-33-31-29-27-25-23-18-16-14-12-10-8-6-4-2/h6,8,11-14,17-19,21-23,26-29,32,34,42-43,46-49,52-54H,3-5,7,9-10,15-16,20,24-25,30-31,33,35-41H2,1-2H3,(H,55,56,57)/b8-6+,13-11+,14-12+,19-17+,22-21+,23-18+,28-26+,29-27+,34-32+/t42-,43-,46-,47?,48?,49+/m1/s1. The summed E-state index contributed by atoms with van der Waals surface area (Å²) in [4.78, 5) is 25.4. The van der Waals surface area contributed by atoms with Gasteiger partial charge < -0.3 is 34.3 Å². The number of allylic oxidation sites excluding steroid dienone is 18. The molecule has 1 rings (SSSR count). The summed E-state index contributed by atoms with van der Waals surface area (Å²) in [6, 6.07) is 0. The molecule has 0 saturated carbocycles. The van der Waals surface area contributed by atoms with E-state index >= 15 is 0 Å². The monoisotopic (exact) mass is 889 g/mol. The molecule has 350 valence electrons. The zero-order chi connectivity index (χ0) is 45.5. The maximum atomic E-state index is 12.8. The van der Waals surface area contributed by atoms with Gasteiger partial charge in [0, 0.05) is 12.8 Å². The molecule has 12 nitrogen and oxygen atoms in total. The number of rotatable bonds is 35. The van der Waals surface area contributed by atoms with Crippen molar-refractivity contribution >= 4 is 22.1 Å². The first-order valence-electron chi connectivity index (χ1n) is 22.4. The van der Waals surface area contributed by atoms with E-state index in [0.29, 0.717) is 19.3 Å². The van der Waals surface area contributed by atoms with E-state index in [1.807, 2.05) is 18.2 Å². The molecule has 0 aromatic carbocycles. The second-order valence-corrected chi connectivity index (χ2v) is 16.5. The molecule has 0 amide bonds. The number of carbonyl (C=O) groups excluding carboxylic acids is 2. The van der Waals surface area contributed by atoms with E-state index in [0.717, 1.165) is 64.2 Å². The van der Waals surface area contributed by atoms with Crippen LogP contribution < -0.4 is 0 Å². The fourth-order valence-corrected chi connectivity index (χ4v) is 6.57. The number of carbonyl (C=O) groups is 2. The van der Waals surface area contributed by atoms with Crippen molar-refractivity contribution in [2.45, 2.75) is 166 Å². The number of hydrogen-bond acceptors (Lipinski definition) is 11. The average molecular weight is 889 g/mol. The van der Waals surface area contributed by atoms with Gasteiger partial charge in [-0.15, -0.1) is 0 Å². The Morgan fingerprint density at radius 1 is 0.565 bits per heavy atom. The average Bonchev–Trinajstić information content (AvgIpc) is 3.24. The SMILES string of the molecule is CC/C=C/C/C=C/C/C=C/C/C=C/CCCCC(=O)OC[C@H](CO[C@H]1O[C@H](CS(=O)(=O)O)[C@@H](O)C(O)C1O)OC(=O)CC/C=C/C/C=C/C/C=C/C/C=C/C/C=C/CCCCC. The third kappa shape index (κ3) is 32.1. The Balaban J connectivity index is 2.55. The first-order chi connectivity index (χ1) is 30.0. The molecule has 0 aromatic rings. The lowest BCUT2D eigenvalue weighted by molar-refractivity contribution is -0.297. The molecule has 4 N–H and O–H groups in total. The first kappa shape index (κ1) is 56.3. The molecule has 2 unspecified atom stereocenters. The van der Waals surface area contributed by atoms with Crippen LogP contribution in [0, 0.1) is 0 Å². The van der Waals surface area contributed by atoms with Crippen molar-refractivity contribution < 1.29 is 56.8 Å². The maximum absolute atomic E-state index is 12.8. The minimum Gasteiger partial charge on any atom is -0.462 e. The summed E-state index contributed by atoms with van der Waals surface area (Å²) < 4.78 is 53.9. The van der Waals surface area contributed by atoms with Crippen LogP contribution in [0.5, 0.6) is 0 Å². The smallest absolute Gasteiger partial charge is 0.306 e. The molecular weight excluding hydrogens is 813 g/mol. The van der Waals surface area contributed by atoms with Crippen LogP contribution in [-0.4, -0.2) is 96.0 Å². The maximum Gasteiger partial charge on any atom is 0.306 e. The molecule has 1 saturated heterocycles. The van der Waals surface area contributed by atoms with Crippen LogP contribution in [0.3, 0.4) is 0 Å². The largest absolute Gasteiger partial charge is 0.462 e. The predicted molar refractivity (Wildman–Crippen MR) is 247 cm³/mol. The molecule has 0 radical (unpaired) electrons. The lowest BCUT2D eigenvalue weighted by Crippen LogP contribution is -2.60. The lowest BCUT2D eigenvalue weighted by Gasteiger charge is -2.40. The van der Waals surface area contributed by atoms with Gasteiger partial charge in [-0.25, -0.2) is 0 Å². The summed E-state index contributed by atoms with van der Waals surface area (Å²) in [5.41, 5.74) is 0. The zero-order valence-corrected chi connectivity index (χ0v) is 38.0. The highest BCUT2D eigenvalue weighted by atomic mass is 32.2.